The van der Waals surface area contributed by atoms with E-state index in [1.165, 1.54) is 38.5 Å². The lowest BCUT2D eigenvalue weighted by Gasteiger charge is -2.58. The van der Waals surface area contributed by atoms with Gasteiger partial charge < -0.3 is 9.88 Å². The Bertz CT molecular complexity index is 1070. The molecule has 5 aliphatic rings. The van der Waals surface area contributed by atoms with Crippen molar-refractivity contribution in [3.05, 3.63) is 39.8 Å². The van der Waals surface area contributed by atoms with Crippen molar-refractivity contribution in [1.82, 2.24) is 19.8 Å². The number of piperazine rings is 1. The number of H-pyrrole nitrogens is 1. The maximum absolute atomic E-state index is 13.1. The van der Waals surface area contributed by atoms with Crippen LogP contribution in [0.25, 0.3) is 11.0 Å². The zero-order chi connectivity index (χ0) is 21.9. The normalized spacial score (nSPS) is 32.2. The predicted octanol–water partition coefficient (Wildman–Crippen LogP) is 3.35. The van der Waals surface area contributed by atoms with Gasteiger partial charge in [-0.15, -0.1) is 0 Å². The maximum atomic E-state index is 13.1. The second kappa shape index (κ2) is 7.68. The Hall–Kier alpha value is -2.21. The summed E-state index contributed by atoms with van der Waals surface area (Å²) in [6.07, 6.45) is 11.0. The number of carbonyl (C=O) groups excluding carboxylic acids is 1. The highest BCUT2D eigenvalue weighted by Gasteiger charge is 2.51. The van der Waals surface area contributed by atoms with Crippen LogP contribution in [0.2, 0.25) is 0 Å². The fourth-order valence-electron chi connectivity index (χ4n) is 7.72. The van der Waals surface area contributed by atoms with Crippen molar-refractivity contribution < 1.29 is 4.79 Å². The van der Waals surface area contributed by atoms with Crippen molar-refractivity contribution in [1.29, 1.82) is 0 Å². The Morgan fingerprint density at radius 2 is 1.78 bits per heavy atom. The highest BCUT2D eigenvalue weighted by Crippen LogP contribution is 2.60. The van der Waals surface area contributed by atoms with Crippen LogP contribution in [0, 0.1) is 23.2 Å². The molecule has 1 amide bonds. The quantitative estimate of drug-likeness (QED) is 0.784. The summed E-state index contributed by atoms with van der Waals surface area (Å²) in [4.78, 5) is 37.1. The molecule has 1 aliphatic heterocycles. The van der Waals surface area contributed by atoms with Crippen LogP contribution in [0.1, 0.15) is 56.6 Å². The van der Waals surface area contributed by atoms with Gasteiger partial charge in [0.05, 0.1) is 17.6 Å². The fraction of sp³-hybridized carbons (Fsp3) is 0.654. The number of pyridine rings is 2. The summed E-state index contributed by atoms with van der Waals surface area (Å²) in [6, 6.07) is 3.89. The van der Waals surface area contributed by atoms with E-state index < -0.39 is 0 Å². The zero-order valence-electron chi connectivity index (χ0n) is 19.1. The van der Waals surface area contributed by atoms with Gasteiger partial charge in [-0.25, -0.2) is 0 Å². The summed E-state index contributed by atoms with van der Waals surface area (Å²) < 4.78 is 0. The lowest BCUT2D eigenvalue weighted by molar-refractivity contribution is -0.142. The fourth-order valence-corrected chi connectivity index (χ4v) is 7.72. The SMILES string of the molecule is CCc1cc2ncc(CN3CCN(CC45CC6CC(CC(C6)C4)C5)C(=O)C3)cc2[nH]c1=O. The van der Waals surface area contributed by atoms with E-state index in [0.717, 1.165) is 59.5 Å². The molecule has 0 aromatic carbocycles. The molecule has 1 N–H and O–H groups in total. The molecule has 0 atom stereocenters. The van der Waals surface area contributed by atoms with E-state index in [2.05, 4.69) is 19.8 Å². The maximum Gasteiger partial charge on any atom is 0.251 e. The van der Waals surface area contributed by atoms with Crippen LogP contribution in [0.3, 0.4) is 0 Å². The Labute approximate surface area is 189 Å². The molecule has 32 heavy (non-hydrogen) atoms. The largest absolute Gasteiger partial charge is 0.340 e. The number of amides is 1. The van der Waals surface area contributed by atoms with Gasteiger partial charge in [-0.2, -0.15) is 0 Å². The Kier molecular flexibility index (Phi) is 4.90. The summed E-state index contributed by atoms with van der Waals surface area (Å²) in [5.74, 6) is 3.07. The average molecular weight is 435 g/mol. The number of fused-ring (bicyclic) bond motifs is 1. The summed E-state index contributed by atoms with van der Waals surface area (Å²) in [5.41, 5.74) is 3.78. The van der Waals surface area contributed by atoms with Gasteiger partial charge in [-0.1, -0.05) is 6.92 Å². The van der Waals surface area contributed by atoms with Crippen LogP contribution in [-0.2, 0) is 17.8 Å². The van der Waals surface area contributed by atoms with Gasteiger partial charge in [0, 0.05) is 37.9 Å². The minimum Gasteiger partial charge on any atom is -0.340 e. The van der Waals surface area contributed by atoms with Gasteiger partial charge >= 0.3 is 0 Å². The summed E-state index contributed by atoms with van der Waals surface area (Å²) in [6.45, 7) is 5.87. The van der Waals surface area contributed by atoms with Crippen molar-refractivity contribution >= 4 is 16.9 Å². The number of hydrogen-bond acceptors (Lipinski definition) is 4. The number of rotatable bonds is 5. The van der Waals surface area contributed by atoms with Gasteiger partial charge in [0.15, 0.2) is 0 Å². The van der Waals surface area contributed by atoms with Gasteiger partial charge in [0.1, 0.15) is 0 Å². The van der Waals surface area contributed by atoms with Crippen LogP contribution < -0.4 is 5.56 Å². The summed E-state index contributed by atoms with van der Waals surface area (Å²) >= 11 is 0. The van der Waals surface area contributed by atoms with Crippen molar-refractivity contribution in [3.63, 3.8) is 0 Å². The molecule has 4 bridgehead atoms. The summed E-state index contributed by atoms with van der Waals surface area (Å²) in [5, 5.41) is 0. The number of nitrogens with zero attached hydrogens (tertiary/aromatic N) is 3. The van der Waals surface area contributed by atoms with Crippen molar-refractivity contribution in [2.45, 2.75) is 58.4 Å². The standard InChI is InChI=1S/C26H34N4O2/c1-2-21-9-22-23(28-25(21)32)8-20(13-27-22)14-29-3-4-30(24(31)15-29)16-26-10-17-5-18(11-26)7-19(6-17)12-26/h8-9,13,17-19H,2-7,10-12,14-16H2,1H3,(H,28,32). The molecule has 7 rings (SSSR count). The molecule has 0 radical (unpaired) electrons. The highest BCUT2D eigenvalue weighted by atomic mass is 16.2. The molecular formula is C26H34N4O2. The number of nitrogens with one attached hydrogen (secondary N) is 1. The molecule has 4 aliphatic carbocycles. The van der Waals surface area contributed by atoms with Gasteiger partial charge in [0.25, 0.3) is 5.56 Å². The molecule has 2 aromatic rings. The minimum atomic E-state index is -0.0348. The molecular weight excluding hydrogens is 400 g/mol. The van der Waals surface area contributed by atoms with Gasteiger partial charge in [-0.05, 0) is 85.8 Å². The number of aryl methyl sites for hydroxylation is 1. The van der Waals surface area contributed by atoms with E-state index >= 15 is 0 Å². The number of carbonyl (C=O) groups is 1. The first-order chi connectivity index (χ1) is 15.5. The Balaban J connectivity index is 1.11. The van der Waals surface area contributed by atoms with Crippen LogP contribution in [0.4, 0.5) is 0 Å². The second-order valence-corrected chi connectivity index (χ2v) is 11.2. The molecule has 0 spiro atoms. The molecule has 6 heteroatoms. The monoisotopic (exact) mass is 434 g/mol. The first-order valence-corrected chi connectivity index (χ1v) is 12.5. The smallest absolute Gasteiger partial charge is 0.251 e. The topological polar surface area (TPSA) is 69.3 Å². The van der Waals surface area contributed by atoms with Crippen LogP contribution in [-0.4, -0.2) is 51.9 Å². The van der Waals surface area contributed by atoms with Crippen molar-refractivity contribution in [2.24, 2.45) is 23.2 Å². The Morgan fingerprint density at radius 1 is 1.06 bits per heavy atom. The Morgan fingerprint density at radius 3 is 2.44 bits per heavy atom. The first kappa shape index (κ1) is 20.4. The molecule has 1 saturated heterocycles. The molecule has 3 heterocycles. The van der Waals surface area contributed by atoms with Crippen molar-refractivity contribution in [3.8, 4) is 0 Å². The van der Waals surface area contributed by atoms with Crippen LogP contribution in [0.15, 0.2) is 23.1 Å². The van der Waals surface area contributed by atoms with Crippen LogP contribution in [0.5, 0.6) is 0 Å². The predicted molar refractivity (Wildman–Crippen MR) is 124 cm³/mol. The van der Waals surface area contributed by atoms with E-state index in [1.54, 1.807) is 0 Å². The van der Waals surface area contributed by atoms with E-state index in [0.29, 0.717) is 24.9 Å². The third-order valence-corrected chi connectivity index (χ3v) is 8.70. The lowest BCUT2D eigenvalue weighted by Crippen LogP contribution is -2.56. The zero-order valence-corrected chi connectivity index (χ0v) is 19.1. The van der Waals surface area contributed by atoms with Crippen molar-refractivity contribution in [2.75, 3.05) is 26.2 Å². The molecule has 5 fully saturated rings. The average Bonchev–Trinajstić information content (AvgIpc) is 2.74. The third-order valence-electron chi connectivity index (χ3n) is 8.70. The highest BCUT2D eigenvalue weighted by molar-refractivity contribution is 5.79. The summed E-state index contributed by atoms with van der Waals surface area (Å²) in [7, 11) is 0. The van der Waals surface area contributed by atoms with E-state index in [9.17, 15) is 9.59 Å². The van der Waals surface area contributed by atoms with Gasteiger partial charge in [0.2, 0.25) is 5.91 Å². The second-order valence-electron chi connectivity index (χ2n) is 11.2. The van der Waals surface area contributed by atoms with Gasteiger partial charge in [-0.3, -0.25) is 19.5 Å². The van der Waals surface area contributed by atoms with E-state index in [-0.39, 0.29) is 11.5 Å². The molecule has 6 nitrogen and oxygen atoms in total. The van der Waals surface area contributed by atoms with E-state index in [4.69, 9.17) is 0 Å². The lowest BCUT2D eigenvalue weighted by atomic mass is 9.49. The number of aromatic nitrogens is 2. The molecule has 0 unspecified atom stereocenters. The molecule has 2 aromatic heterocycles. The number of aromatic amines is 1. The van der Waals surface area contributed by atoms with Crippen LogP contribution >= 0.6 is 0 Å². The van der Waals surface area contributed by atoms with E-state index in [1.807, 2.05) is 25.3 Å². The molecule has 4 saturated carbocycles. The minimum absolute atomic E-state index is 0.0348. The molecule has 170 valence electrons. The first-order valence-electron chi connectivity index (χ1n) is 12.5. The third kappa shape index (κ3) is 3.66. The number of hydrogen-bond donors (Lipinski definition) is 1.